The van der Waals surface area contributed by atoms with Gasteiger partial charge in [0.05, 0.1) is 22.0 Å². The van der Waals surface area contributed by atoms with Crippen LogP contribution in [0.5, 0.6) is 0 Å². The number of halogens is 2. The number of carbonyl (C=O) groups excluding carboxylic acids is 1. The minimum absolute atomic E-state index is 0.0836. The number of nitrogens with zero attached hydrogens (tertiary/aromatic N) is 3. The molecule has 0 radical (unpaired) electrons. The number of hydrogen-bond donors (Lipinski definition) is 0. The number of aryl methyl sites for hydroxylation is 1. The van der Waals surface area contributed by atoms with Gasteiger partial charge in [0.1, 0.15) is 0 Å². The number of rotatable bonds is 9. The minimum atomic E-state index is 0.0836. The quantitative estimate of drug-likeness (QED) is 0.114. The van der Waals surface area contributed by atoms with Crippen molar-refractivity contribution >= 4 is 33.4 Å². The topological polar surface area (TPSA) is 38.1 Å². The predicted octanol–water partition coefficient (Wildman–Crippen LogP) is 8.43. The summed E-state index contributed by atoms with van der Waals surface area (Å²) in [5.41, 5.74) is 7.10. The largest absolute Gasteiger partial charge is 0.304 e. The Kier molecular flexibility index (Phi) is 7.92. The molecular weight excluding hydrogens is 546 g/mol. The van der Waals surface area contributed by atoms with Crippen LogP contribution in [0.1, 0.15) is 37.7 Å². The van der Waals surface area contributed by atoms with Crippen LogP contribution in [-0.4, -0.2) is 25.5 Å². The maximum atomic E-state index is 12.2. The molecule has 0 saturated carbocycles. The maximum Gasteiger partial charge on any atom is 0.227 e. The standard InChI is InChI=1S/C31H29BrClN3O/c1-22(35-30(32)19-20-31(35)37)11-5-6-12-23-13-7-8-16-25(23)28-21-29(26-17-9-10-18-27(26)33)36(34-28)24-14-3-2-4-15-24/h2-4,7-10,13-18,21,30H,1,5-6,11-12,19-20H2. The summed E-state index contributed by atoms with van der Waals surface area (Å²) in [4.78, 5) is 14.1. The molecule has 4 nitrogen and oxygen atoms in total. The molecule has 6 heteroatoms. The van der Waals surface area contributed by atoms with Gasteiger partial charge in [-0.1, -0.05) is 94.8 Å². The lowest BCUT2D eigenvalue weighted by atomic mass is 9.98. The van der Waals surface area contributed by atoms with Crippen LogP contribution in [0.25, 0.3) is 28.2 Å². The lowest BCUT2D eigenvalue weighted by molar-refractivity contribution is -0.126. The smallest absolute Gasteiger partial charge is 0.227 e. The third-order valence-corrected chi connectivity index (χ3v) is 8.00. The molecule has 1 saturated heterocycles. The van der Waals surface area contributed by atoms with Gasteiger partial charge in [0.15, 0.2) is 0 Å². The van der Waals surface area contributed by atoms with Crippen molar-refractivity contribution in [2.45, 2.75) is 43.5 Å². The second-order valence-corrected chi connectivity index (χ2v) is 10.8. The monoisotopic (exact) mass is 573 g/mol. The molecule has 5 rings (SSSR count). The lowest BCUT2D eigenvalue weighted by Gasteiger charge is -2.22. The predicted molar refractivity (Wildman–Crippen MR) is 155 cm³/mol. The highest BCUT2D eigenvalue weighted by atomic mass is 79.9. The summed E-state index contributed by atoms with van der Waals surface area (Å²) in [6.07, 6.45) is 5.15. The van der Waals surface area contributed by atoms with Crippen LogP contribution in [0.4, 0.5) is 0 Å². The zero-order chi connectivity index (χ0) is 25.8. The molecule has 0 N–H and O–H groups in total. The number of alkyl halides is 1. The SMILES string of the molecule is C=C(CCCCc1ccccc1-c1cc(-c2ccccc2Cl)n(-c2ccccc2)n1)N1C(=O)CCC1Br. The fourth-order valence-electron chi connectivity index (χ4n) is 4.92. The number of allylic oxidation sites excluding steroid dienone is 1. The van der Waals surface area contributed by atoms with Gasteiger partial charge in [0.25, 0.3) is 0 Å². The number of para-hydroxylation sites is 1. The Labute approximate surface area is 231 Å². The van der Waals surface area contributed by atoms with E-state index in [9.17, 15) is 4.79 Å². The lowest BCUT2D eigenvalue weighted by Crippen LogP contribution is -2.27. The van der Waals surface area contributed by atoms with Gasteiger partial charge in [-0.05, 0) is 61.9 Å². The van der Waals surface area contributed by atoms with Crippen molar-refractivity contribution in [3.8, 4) is 28.2 Å². The molecule has 0 bridgehead atoms. The van der Waals surface area contributed by atoms with E-state index in [1.165, 1.54) is 5.56 Å². The van der Waals surface area contributed by atoms with Crippen molar-refractivity contribution in [3.05, 3.63) is 108 Å². The molecule has 3 aromatic carbocycles. The fraction of sp³-hybridized carbons (Fsp3) is 0.226. The van der Waals surface area contributed by atoms with Crippen molar-refractivity contribution in [2.75, 3.05) is 0 Å². The zero-order valence-electron chi connectivity index (χ0n) is 20.6. The van der Waals surface area contributed by atoms with E-state index in [-0.39, 0.29) is 10.9 Å². The molecule has 0 spiro atoms. The first kappa shape index (κ1) is 25.5. The number of carbonyl (C=O) groups is 1. The molecule has 1 atom stereocenters. The van der Waals surface area contributed by atoms with E-state index in [1.807, 2.05) is 52.0 Å². The van der Waals surface area contributed by atoms with Crippen molar-refractivity contribution in [1.29, 1.82) is 0 Å². The highest BCUT2D eigenvalue weighted by molar-refractivity contribution is 9.09. The van der Waals surface area contributed by atoms with Gasteiger partial charge < -0.3 is 4.90 Å². The Balaban J connectivity index is 1.38. The Morgan fingerprint density at radius 2 is 1.68 bits per heavy atom. The van der Waals surface area contributed by atoms with Crippen LogP contribution in [0.2, 0.25) is 5.02 Å². The average Bonchev–Trinajstić information content (AvgIpc) is 3.50. The van der Waals surface area contributed by atoms with Crippen LogP contribution < -0.4 is 0 Å². The Morgan fingerprint density at radius 3 is 2.41 bits per heavy atom. The van der Waals surface area contributed by atoms with Gasteiger partial charge in [0, 0.05) is 28.3 Å². The molecule has 0 aliphatic carbocycles. The van der Waals surface area contributed by atoms with Crippen molar-refractivity contribution in [3.63, 3.8) is 0 Å². The maximum absolute atomic E-state index is 12.2. The van der Waals surface area contributed by atoms with Gasteiger partial charge in [0.2, 0.25) is 5.91 Å². The third-order valence-electron chi connectivity index (χ3n) is 6.80. The van der Waals surface area contributed by atoms with Gasteiger partial charge in [-0.25, -0.2) is 4.68 Å². The molecule has 1 amide bonds. The Hall–Kier alpha value is -3.15. The first-order valence-electron chi connectivity index (χ1n) is 12.7. The number of benzene rings is 3. The normalized spacial score (nSPS) is 15.4. The molecule has 188 valence electrons. The van der Waals surface area contributed by atoms with Gasteiger partial charge in [-0.2, -0.15) is 5.10 Å². The summed E-state index contributed by atoms with van der Waals surface area (Å²) < 4.78 is 1.97. The van der Waals surface area contributed by atoms with Crippen LogP contribution >= 0.6 is 27.5 Å². The summed E-state index contributed by atoms with van der Waals surface area (Å²) in [7, 11) is 0. The molecule has 1 unspecified atom stereocenters. The average molecular weight is 575 g/mol. The van der Waals surface area contributed by atoms with E-state index >= 15 is 0 Å². The van der Waals surface area contributed by atoms with E-state index in [1.54, 1.807) is 0 Å². The molecule has 4 aromatic rings. The first-order valence-corrected chi connectivity index (χ1v) is 13.9. The van der Waals surface area contributed by atoms with Crippen LogP contribution in [-0.2, 0) is 11.2 Å². The van der Waals surface area contributed by atoms with E-state index in [0.717, 1.165) is 66.0 Å². The molecule has 1 aromatic heterocycles. The molecule has 1 aliphatic rings. The Morgan fingerprint density at radius 1 is 0.973 bits per heavy atom. The number of likely N-dealkylation sites (tertiary alicyclic amines) is 1. The third kappa shape index (κ3) is 5.58. The molecule has 2 heterocycles. The molecule has 37 heavy (non-hydrogen) atoms. The number of aromatic nitrogens is 2. The number of amides is 1. The molecule has 1 aliphatic heterocycles. The van der Waals surface area contributed by atoms with Crippen LogP contribution in [0, 0.1) is 0 Å². The van der Waals surface area contributed by atoms with E-state index in [2.05, 4.69) is 65.0 Å². The summed E-state index contributed by atoms with van der Waals surface area (Å²) in [5.74, 6) is 0.167. The highest BCUT2D eigenvalue weighted by Gasteiger charge is 2.30. The van der Waals surface area contributed by atoms with Crippen LogP contribution in [0.3, 0.4) is 0 Å². The van der Waals surface area contributed by atoms with Gasteiger partial charge in [-0.3, -0.25) is 4.79 Å². The minimum Gasteiger partial charge on any atom is -0.304 e. The summed E-state index contributed by atoms with van der Waals surface area (Å²) in [6.45, 7) is 4.18. The second kappa shape index (κ2) is 11.5. The van der Waals surface area contributed by atoms with Crippen molar-refractivity contribution < 1.29 is 4.79 Å². The second-order valence-electron chi connectivity index (χ2n) is 9.31. The van der Waals surface area contributed by atoms with E-state index in [0.29, 0.717) is 11.4 Å². The molecule has 1 fully saturated rings. The van der Waals surface area contributed by atoms with Crippen LogP contribution in [0.15, 0.2) is 97.2 Å². The summed E-state index contributed by atoms with van der Waals surface area (Å²) >= 11 is 10.2. The number of unbranched alkanes of at least 4 members (excludes halogenated alkanes) is 1. The fourth-order valence-corrected chi connectivity index (χ4v) is 5.89. The van der Waals surface area contributed by atoms with E-state index < -0.39 is 0 Å². The number of hydrogen-bond acceptors (Lipinski definition) is 2. The Bertz CT molecular complexity index is 1410. The van der Waals surface area contributed by atoms with E-state index in [4.69, 9.17) is 16.7 Å². The summed E-state index contributed by atoms with van der Waals surface area (Å²) in [6, 6.07) is 28.6. The van der Waals surface area contributed by atoms with Gasteiger partial charge >= 0.3 is 0 Å². The summed E-state index contributed by atoms with van der Waals surface area (Å²) in [5, 5.41) is 5.74. The zero-order valence-corrected chi connectivity index (χ0v) is 23.0. The molecular formula is C31H29BrClN3O. The highest BCUT2D eigenvalue weighted by Crippen LogP contribution is 2.34. The first-order chi connectivity index (χ1) is 18.0. The van der Waals surface area contributed by atoms with Gasteiger partial charge in [-0.15, -0.1) is 0 Å². The van der Waals surface area contributed by atoms with Crippen molar-refractivity contribution in [1.82, 2.24) is 14.7 Å². The van der Waals surface area contributed by atoms with Crippen molar-refractivity contribution in [2.24, 2.45) is 0 Å².